The van der Waals surface area contributed by atoms with Crippen LogP contribution in [0.5, 0.6) is 0 Å². The smallest absolute Gasteiger partial charge is 0.407 e. The second kappa shape index (κ2) is 7.29. The second-order valence-electron chi connectivity index (χ2n) is 7.69. The number of amides is 2. The van der Waals surface area contributed by atoms with Crippen LogP contribution >= 0.6 is 0 Å². The van der Waals surface area contributed by atoms with E-state index in [2.05, 4.69) is 5.32 Å². The van der Waals surface area contributed by atoms with E-state index in [0.717, 1.165) is 12.8 Å². The van der Waals surface area contributed by atoms with Crippen LogP contribution in [0.4, 0.5) is 4.79 Å². The Morgan fingerprint density at radius 3 is 2.38 bits per heavy atom. The standard InChI is InChI=1S/C16H28N2O5S/c1-16(2,3)23-15(20)17-12-8-9-18(10-12)14(19)11-24(21,22)13-6-4-5-7-13/h12-13H,4-11H2,1-3H3,(H,17,20)/t12-/m0/s1. The van der Waals surface area contributed by atoms with Crippen LogP contribution in [0.2, 0.25) is 0 Å². The van der Waals surface area contributed by atoms with Gasteiger partial charge in [-0.2, -0.15) is 0 Å². The molecule has 2 amide bonds. The fourth-order valence-corrected chi connectivity index (χ4v) is 5.02. The highest BCUT2D eigenvalue weighted by Crippen LogP contribution is 2.25. The van der Waals surface area contributed by atoms with Crippen LogP contribution in [-0.2, 0) is 19.4 Å². The molecule has 0 bridgehead atoms. The number of likely N-dealkylation sites (tertiary alicyclic amines) is 1. The maximum Gasteiger partial charge on any atom is 0.407 e. The maximum absolute atomic E-state index is 12.3. The molecule has 0 spiro atoms. The lowest BCUT2D eigenvalue weighted by Gasteiger charge is -2.22. The van der Waals surface area contributed by atoms with E-state index in [9.17, 15) is 18.0 Å². The Balaban J connectivity index is 1.82. The van der Waals surface area contributed by atoms with E-state index in [1.807, 2.05) is 0 Å². The molecule has 1 saturated heterocycles. The molecular weight excluding hydrogens is 332 g/mol. The lowest BCUT2D eigenvalue weighted by atomic mass is 10.2. The topological polar surface area (TPSA) is 92.8 Å². The van der Waals surface area contributed by atoms with Crippen molar-refractivity contribution in [1.29, 1.82) is 0 Å². The molecule has 24 heavy (non-hydrogen) atoms. The molecule has 138 valence electrons. The lowest BCUT2D eigenvalue weighted by Crippen LogP contribution is -2.42. The molecule has 0 aromatic carbocycles. The van der Waals surface area contributed by atoms with E-state index in [1.165, 1.54) is 4.90 Å². The summed E-state index contributed by atoms with van der Waals surface area (Å²) in [5.74, 6) is -0.785. The molecule has 1 N–H and O–H groups in total. The Bertz CT molecular complexity index is 576. The molecule has 7 nitrogen and oxygen atoms in total. The normalized spacial score (nSPS) is 22.6. The van der Waals surface area contributed by atoms with Gasteiger partial charge in [-0.05, 0) is 40.0 Å². The number of nitrogens with zero attached hydrogens (tertiary/aromatic N) is 1. The quantitative estimate of drug-likeness (QED) is 0.819. The van der Waals surface area contributed by atoms with Crippen LogP contribution in [0.25, 0.3) is 0 Å². The van der Waals surface area contributed by atoms with Gasteiger partial charge in [0.2, 0.25) is 5.91 Å². The molecule has 0 unspecified atom stereocenters. The van der Waals surface area contributed by atoms with Crippen molar-refractivity contribution in [3.8, 4) is 0 Å². The Morgan fingerprint density at radius 1 is 1.17 bits per heavy atom. The van der Waals surface area contributed by atoms with Gasteiger partial charge in [-0.3, -0.25) is 4.79 Å². The fourth-order valence-electron chi connectivity index (χ4n) is 3.21. The van der Waals surface area contributed by atoms with Crippen LogP contribution in [0.15, 0.2) is 0 Å². The van der Waals surface area contributed by atoms with Crippen molar-refractivity contribution in [3.05, 3.63) is 0 Å². The van der Waals surface area contributed by atoms with Crippen molar-refractivity contribution in [2.45, 2.75) is 69.8 Å². The van der Waals surface area contributed by atoms with Crippen molar-refractivity contribution in [2.24, 2.45) is 0 Å². The van der Waals surface area contributed by atoms with Crippen LogP contribution < -0.4 is 5.32 Å². The Morgan fingerprint density at radius 2 is 1.79 bits per heavy atom. The number of alkyl carbamates (subject to hydrolysis) is 1. The zero-order chi connectivity index (χ0) is 18.0. The highest BCUT2D eigenvalue weighted by molar-refractivity contribution is 7.92. The number of rotatable bonds is 4. The van der Waals surface area contributed by atoms with Gasteiger partial charge in [-0.25, -0.2) is 13.2 Å². The van der Waals surface area contributed by atoms with E-state index in [0.29, 0.717) is 32.4 Å². The van der Waals surface area contributed by atoms with Crippen molar-refractivity contribution in [2.75, 3.05) is 18.8 Å². The lowest BCUT2D eigenvalue weighted by molar-refractivity contribution is -0.127. The van der Waals surface area contributed by atoms with Gasteiger partial charge in [-0.15, -0.1) is 0 Å². The third kappa shape index (κ3) is 5.36. The molecule has 0 aromatic rings. The third-order valence-electron chi connectivity index (χ3n) is 4.40. The van der Waals surface area contributed by atoms with Crippen LogP contribution in [0, 0.1) is 0 Å². The van der Waals surface area contributed by atoms with E-state index in [4.69, 9.17) is 4.74 Å². The SMILES string of the molecule is CC(C)(C)OC(=O)N[C@H]1CCN(C(=O)CS(=O)(=O)C2CCCC2)C1. The maximum atomic E-state index is 12.3. The molecule has 1 aliphatic carbocycles. The second-order valence-corrected chi connectivity index (χ2v) is 9.97. The molecule has 0 aromatic heterocycles. The van der Waals surface area contributed by atoms with Gasteiger partial charge in [0, 0.05) is 13.1 Å². The first kappa shape index (κ1) is 19.0. The van der Waals surface area contributed by atoms with Crippen LogP contribution in [0.3, 0.4) is 0 Å². The summed E-state index contributed by atoms with van der Waals surface area (Å²) in [5.41, 5.74) is -0.576. The summed E-state index contributed by atoms with van der Waals surface area (Å²) in [6.07, 6.45) is 3.26. The van der Waals surface area contributed by atoms with Gasteiger partial charge in [-0.1, -0.05) is 12.8 Å². The van der Waals surface area contributed by atoms with Gasteiger partial charge in [0.25, 0.3) is 0 Å². The monoisotopic (exact) mass is 360 g/mol. The highest BCUT2D eigenvalue weighted by atomic mass is 32.2. The van der Waals surface area contributed by atoms with Gasteiger partial charge >= 0.3 is 6.09 Å². The predicted molar refractivity (Wildman–Crippen MR) is 90.4 cm³/mol. The third-order valence-corrected chi connectivity index (χ3v) is 6.53. The summed E-state index contributed by atoms with van der Waals surface area (Å²) < 4.78 is 29.8. The van der Waals surface area contributed by atoms with Gasteiger partial charge < -0.3 is 15.0 Å². The molecule has 0 radical (unpaired) electrons. The molecule has 1 aliphatic heterocycles. The van der Waals surface area contributed by atoms with Gasteiger partial charge in [0.15, 0.2) is 9.84 Å². The number of sulfone groups is 1. The minimum absolute atomic E-state index is 0.196. The van der Waals surface area contributed by atoms with Crippen molar-refractivity contribution in [1.82, 2.24) is 10.2 Å². The fraction of sp³-hybridized carbons (Fsp3) is 0.875. The van der Waals surface area contributed by atoms with Crippen LogP contribution in [-0.4, -0.2) is 61.1 Å². The van der Waals surface area contributed by atoms with E-state index in [1.54, 1.807) is 20.8 Å². The molecule has 2 aliphatic rings. The Kier molecular flexibility index (Phi) is 5.78. The Hall–Kier alpha value is -1.31. The first-order chi connectivity index (χ1) is 11.1. The molecule has 8 heteroatoms. The number of ether oxygens (including phenoxy) is 1. The van der Waals surface area contributed by atoms with E-state index in [-0.39, 0.29) is 17.2 Å². The molecule has 1 heterocycles. The van der Waals surface area contributed by atoms with E-state index < -0.39 is 27.3 Å². The summed E-state index contributed by atoms with van der Waals surface area (Å²) in [4.78, 5) is 25.6. The van der Waals surface area contributed by atoms with Gasteiger partial charge in [0.1, 0.15) is 11.4 Å². The minimum Gasteiger partial charge on any atom is -0.444 e. The molecule has 2 fully saturated rings. The largest absolute Gasteiger partial charge is 0.444 e. The summed E-state index contributed by atoms with van der Waals surface area (Å²) in [7, 11) is -3.36. The van der Waals surface area contributed by atoms with Gasteiger partial charge in [0.05, 0.1) is 11.3 Å². The zero-order valence-electron chi connectivity index (χ0n) is 14.7. The average Bonchev–Trinajstić information content (AvgIpc) is 3.06. The average molecular weight is 360 g/mol. The van der Waals surface area contributed by atoms with E-state index >= 15 is 0 Å². The molecule has 1 atom stereocenters. The molecule has 2 rings (SSSR count). The number of hydrogen-bond acceptors (Lipinski definition) is 5. The number of carbonyl (C=O) groups excluding carboxylic acids is 2. The number of nitrogens with one attached hydrogen (secondary N) is 1. The van der Waals surface area contributed by atoms with Crippen molar-refractivity contribution < 1.29 is 22.7 Å². The summed E-state index contributed by atoms with van der Waals surface area (Å²) in [6.45, 7) is 6.14. The highest BCUT2D eigenvalue weighted by Gasteiger charge is 2.34. The van der Waals surface area contributed by atoms with Crippen molar-refractivity contribution in [3.63, 3.8) is 0 Å². The van der Waals surface area contributed by atoms with Crippen molar-refractivity contribution >= 4 is 21.8 Å². The molecular formula is C16H28N2O5S. The minimum atomic E-state index is -3.36. The van der Waals surface area contributed by atoms with Crippen LogP contribution in [0.1, 0.15) is 52.9 Å². The first-order valence-corrected chi connectivity index (χ1v) is 10.3. The Labute approximate surface area is 144 Å². The number of hydrogen-bond donors (Lipinski definition) is 1. The predicted octanol–water partition coefficient (Wildman–Crippen LogP) is 1.47. The molecule has 1 saturated carbocycles. The number of carbonyl (C=O) groups is 2. The summed E-state index contributed by atoms with van der Waals surface area (Å²) >= 11 is 0. The summed E-state index contributed by atoms with van der Waals surface area (Å²) in [5, 5.41) is 2.37. The summed E-state index contributed by atoms with van der Waals surface area (Å²) in [6, 6.07) is -0.196. The zero-order valence-corrected chi connectivity index (χ0v) is 15.5. The first-order valence-electron chi connectivity index (χ1n) is 8.56.